The van der Waals surface area contributed by atoms with Gasteiger partial charge in [0, 0.05) is 18.8 Å². The Morgan fingerprint density at radius 3 is 2.93 bits per heavy atom. The molecule has 0 radical (unpaired) electrons. The summed E-state index contributed by atoms with van der Waals surface area (Å²) in [7, 11) is 1.34. The monoisotopic (exact) mass is 195 g/mol. The van der Waals surface area contributed by atoms with Crippen LogP contribution in [-0.2, 0) is 4.74 Å². The summed E-state index contributed by atoms with van der Waals surface area (Å²) in [5.74, 6) is 0.379. The van der Waals surface area contributed by atoms with Crippen LogP contribution in [0.3, 0.4) is 0 Å². The second-order valence-corrected chi connectivity index (χ2v) is 2.65. The summed E-state index contributed by atoms with van der Waals surface area (Å²) >= 11 is 0. The van der Waals surface area contributed by atoms with Crippen LogP contribution in [0.25, 0.3) is 0 Å². The number of nitrogens with two attached hydrogens (primary N) is 1. The number of pyridine rings is 1. The van der Waals surface area contributed by atoms with E-state index in [1.807, 2.05) is 6.92 Å². The molecular formula is C9H13N3O2. The Hall–Kier alpha value is -1.78. The highest BCUT2D eigenvalue weighted by Gasteiger charge is 2.13. The normalized spacial score (nSPS) is 9.57. The highest BCUT2D eigenvalue weighted by molar-refractivity contribution is 5.87. The Morgan fingerprint density at radius 1 is 1.71 bits per heavy atom. The van der Waals surface area contributed by atoms with Crippen LogP contribution in [0.15, 0.2) is 18.3 Å². The fourth-order valence-corrected chi connectivity index (χ4v) is 1.13. The summed E-state index contributed by atoms with van der Waals surface area (Å²) in [6.45, 7) is 2.38. The average molecular weight is 195 g/mol. The maximum atomic E-state index is 11.3. The Labute approximate surface area is 82.5 Å². The number of aromatic nitrogens is 1. The van der Waals surface area contributed by atoms with E-state index in [9.17, 15) is 4.79 Å². The van der Waals surface area contributed by atoms with E-state index in [2.05, 4.69) is 9.72 Å². The zero-order valence-corrected chi connectivity index (χ0v) is 8.23. The van der Waals surface area contributed by atoms with Crippen molar-refractivity contribution in [2.75, 3.05) is 24.3 Å². The molecule has 1 amide bonds. The number of carbonyl (C=O) groups excluding carboxylic acids is 1. The minimum absolute atomic E-state index is 0.379. The fraction of sp³-hybridized carbons (Fsp3) is 0.333. The van der Waals surface area contributed by atoms with Gasteiger partial charge < -0.3 is 10.5 Å². The molecule has 0 atom stereocenters. The Balaban J connectivity index is 2.94. The van der Waals surface area contributed by atoms with Crippen molar-refractivity contribution in [2.45, 2.75) is 6.92 Å². The largest absolute Gasteiger partial charge is 0.452 e. The summed E-state index contributed by atoms with van der Waals surface area (Å²) in [4.78, 5) is 16.6. The van der Waals surface area contributed by atoms with Gasteiger partial charge in [-0.15, -0.1) is 0 Å². The molecule has 5 heteroatoms. The fourth-order valence-electron chi connectivity index (χ4n) is 1.13. The number of rotatable bonds is 2. The number of carbonyl (C=O) groups is 1. The van der Waals surface area contributed by atoms with E-state index in [1.54, 1.807) is 18.3 Å². The predicted octanol–water partition coefficient (Wildman–Crippen LogP) is 1.26. The molecular weight excluding hydrogens is 182 g/mol. The third-order valence-corrected chi connectivity index (χ3v) is 1.79. The lowest BCUT2D eigenvalue weighted by atomic mass is 10.3. The molecule has 0 aliphatic rings. The first-order valence-electron chi connectivity index (χ1n) is 4.26. The molecule has 1 heterocycles. The van der Waals surface area contributed by atoms with E-state index < -0.39 is 6.09 Å². The Bertz CT molecular complexity index is 328. The minimum Gasteiger partial charge on any atom is -0.452 e. The van der Waals surface area contributed by atoms with Crippen LogP contribution < -0.4 is 10.6 Å². The first kappa shape index (κ1) is 10.3. The van der Waals surface area contributed by atoms with Crippen molar-refractivity contribution in [3.05, 3.63) is 18.3 Å². The van der Waals surface area contributed by atoms with Crippen LogP contribution in [-0.4, -0.2) is 24.7 Å². The van der Waals surface area contributed by atoms with E-state index in [1.165, 1.54) is 12.0 Å². The lowest BCUT2D eigenvalue weighted by Crippen LogP contribution is -2.30. The summed E-state index contributed by atoms with van der Waals surface area (Å²) < 4.78 is 4.62. The second kappa shape index (κ2) is 4.45. The van der Waals surface area contributed by atoms with Crippen molar-refractivity contribution in [1.82, 2.24) is 4.98 Å². The highest BCUT2D eigenvalue weighted by Crippen LogP contribution is 2.15. The zero-order chi connectivity index (χ0) is 10.6. The summed E-state index contributed by atoms with van der Waals surface area (Å²) in [5, 5.41) is 0. The van der Waals surface area contributed by atoms with Crippen molar-refractivity contribution < 1.29 is 9.53 Å². The van der Waals surface area contributed by atoms with E-state index >= 15 is 0 Å². The molecule has 14 heavy (non-hydrogen) atoms. The molecule has 0 saturated heterocycles. The lowest BCUT2D eigenvalue weighted by Gasteiger charge is -2.18. The van der Waals surface area contributed by atoms with Gasteiger partial charge in [0.1, 0.15) is 5.82 Å². The van der Waals surface area contributed by atoms with Gasteiger partial charge in [-0.2, -0.15) is 0 Å². The number of nitrogens with zero attached hydrogens (tertiary/aromatic N) is 2. The van der Waals surface area contributed by atoms with Crippen LogP contribution >= 0.6 is 0 Å². The summed E-state index contributed by atoms with van der Waals surface area (Å²) in [6, 6.07) is 3.33. The quantitative estimate of drug-likeness (QED) is 0.771. The minimum atomic E-state index is -0.405. The lowest BCUT2D eigenvalue weighted by molar-refractivity contribution is 0.179. The molecule has 0 bridgehead atoms. The third kappa shape index (κ3) is 2.12. The zero-order valence-electron chi connectivity index (χ0n) is 8.23. The van der Waals surface area contributed by atoms with Crippen LogP contribution in [0.2, 0.25) is 0 Å². The number of hydrogen-bond donors (Lipinski definition) is 1. The van der Waals surface area contributed by atoms with E-state index in [0.717, 1.165) is 0 Å². The van der Waals surface area contributed by atoms with Gasteiger partial charge in [-0.3, -0.25) is 4.90 Å². The van der Waals surface area contributed by atoms with E-state index in [0.29, 0.717) is 18.1 Å². The van der Waals surface area contributed by atoms with Gasteiger partial charge >= 0.3 is 6.09 Å². The molecule has 76 valence electrons. The standard InChI is InChI=1S/C9H13N3O2/c1-3-12(9(13)14-2)7-4-5-11-8(10)6-7/h4-6H,3H2,1-2H3,(H2,10,11). The number of nitrogen functional groups attached to an aromatic ring is 1. The van der Waals surface area contributed by atoms with Crippen LogP contribution in [0, 0.1) is 0 Å². The predicted molar refractivity (Wildman–Crippen MR) is 54.1 cm³/mol. The summed E-state index contributed by atoms with van der Waals surface area (Å²) in [5.41, 5.74) is 6.19. The van der Waals surface area contributed by atoms with Gasteiger partial charge in [0.2, 0.25) is 0 Å². The number of methoxy groups -OCH3 is 1. The molecule has 0 unspecified atom stereocenters. The maximum absolute atomic E-state index is 11.3. The van der Waals surface area contributed by atoms with Gasteiger partial charge in [-0.25, -0.2) is 9.78 Å². The van der Waals surface area contributed by atoms with E-state index in [4.69, 9.17) is 5.73 Å². The molecule has 2 N–H and O–H groups in total. The van der Waals surface area contributed by atoms with Crippen LogP contribution in [0.1, 0.15) is 6.92 Å². The maximum Gasteiger partial charge on any atom is 0.413 e. The van der Waals surface area contributed by atoms with E-state index in [-0.39, 0.29) is 0 Å². The number of amides is 1. The number of hydrogen-bond acceptors (Lipinski definition) is 4. The molecule has 0 fully saturated rings. The first-order valence-corrected chi connectivity index (χ1v) is 4.26. The number of ether oxygens (including phenoxy) is 1. The molecule has 1 aromatic heterocycles. The van der Waals surface area contributed by atoms with Crippen molar-refractivity contribution in [2.24, 2.45) is 0 Å². The first-order chi connectivity index (χ1) is 6.69. The molecule has 1 rings (SSSR count). The topological polar surface area (TPSA) is 68.5 Å². The molecule has 0 aliphatic carbocycles. The molecule has 0 aromatic carbocycles. The SMILES string of the molecule is CCN(C(=O)OC)c1ccnc(N)c1. The average Bonchev–Trinajstić information content (AvgIpc) is 2.19. The van der Waals surface area contributed by atoms with Crippen molar-refractivity contribution in [1.29, 1.82) is 0 Å². The van der Waals surface area contributed by atoms with Gasteiger partial charge in [-0.05, 0) is 13.0 Å². The molecule has 0 spiro atoms. The Morgan fingerprint density at radius 2 is 2.43 bits per heavy atom. The molecule has 0 saturated carbocycles. The summed E-state index contributed by atoms with van der Waals surface area (Å²) in [6.07, 6.45) is 1.15. The van der Waals surface area contributed by atoms with Crippen LogP contribution in [0.5, 0.6) is 0 Å². The van der Waals surface area contributed by atoms with Crippen molar-refractivity contribution in [3.63, 3.8) is 0 Å². The number of anilines is 2. The van der Waals surface area contributed by atoms with Gasteiger partial charge in [-0.1, -0.05) is 0 Å². The molecule has 1 aromatic rings. The second-order valence-electron chi connectivity index (χ2n) is 2.65. The molecule has 5 nitrogen and oxygen atoms in total. The van der Waals surface area contributed by atoms with Crippen molar-refractivity contribution in [3.8, 4) is 0 Å². The van der Waals surface area contributed by atoms with Crippen molar-refractivity contribution >= 4 is 17.6 Å². The molecule has 0 aliphatic heterocycles. The van der Waals surface area contributed by atoms with Crippen LogP contribution in [0.4, 0.5) is 16.3 Å². The van der Waals surface area contributed by atoms with Gasteiger partial charge in [0.25, 0.3) is 0 Å². The Kier molecular flexibility index (Phi) is 3.28. The van der Waals surface area contributed by atoms with Gasteiger partial charge in [0.05, 0.1) is 12.8 Å². The highest BCUT2D eigenvalue weighted by atomic mass is 16.5. The third-order valence-electron chi connectivity index (χ3n) is 1.79. The van der Waals surface area contributed by atoms with Gasteiger partial charge in [0.15, 0.2) is 0 Å². The smallest absolute Gasteiger partial charge is 0.413 e.